The zero-order chi connectivity index (χ0) is 7.40. The van der Waals surface area contributed by atoms with Gasteiger partial charge in [-0.1, -0.05) is 35.7 Å². The van der Waals surface area contributed by atoms with Crippen molar-refractivity contribution in [1.82, 2.24) is 0 Å². The first-order valence-corrected chi connectivity index (χ1v) is 5.38. The zero-order valence-electron chi connectivity index (χ0n) is 6.78. The Morgan fingerprint density at radius 1 is 1.20 bits per heavy atom. The largest absolute Gasteiger partial charge is 0.0891 e. The molecule has 1 fully saturated rings. The van der Waals surface area contributed by atoms with E-state index >= 15 is 0 Å². The molecule has 1 heteroatoms. The second kappa shape index (κ2) is 4.38. The van der Waals surface area contributed by atoms with Gasteiger partial charge in [-0.3, -0.25) is 0 Å². The van der Waals surface area contributed by atoms with E-state index < -0.39 is 0 Å². The van der Waals surface area contributed by atoms with Crippen LogP contribution in [0.3, 0.4) is 0 Å². The van der Waals surface area contributed by atoms with Gasteiger partial charge in [0.05, 0.1) is 0 Å². The normalized spacial score (nSPS) is 34.2. The Kier molecular flexibility index (Phi) is 3.75. The van der Waals surface area contributed by atoms with Crippen LogP contribution in [-0.2, 0) is 0 Å². The molecular formula is C9H17Br. The number of hydrogen-bond donors (Lipinski definition) is 0. The minimum Gasteiger partial charge on any atom is -0.0891 e. The van der Waals surface area contributed by atoms with Gasteiger partial charge in [-0.25, -0.2) is 0 Å². The van der Waals surface area contributed by atoms with E-state index in [1.807, 2.05) is 0 Å². The third kappa shape index (κ3) is 2.61. The fraction of sp³-hybridized carbons (Fsp3) is 1.00. The van der Waals surface area contributed by atoms with Crippen molar-refractivity contribution in [1.29, 1.82) is 0 Å². The molecule has 0 spiro atoms. The maximum Gasteiger partial charge on any atom is 0.0146 e. The summed E-state index contributed by atoms with van der Waals surface area (Å²) in [4.78, 5) is 0.834. The number of hydrogen-bond acceptors (Lipinski definition) is 0. The standard InChI is InChI=1S/C9H17Br/c1-2-3-8-4-6-9(10)7-5-8/h8-9H,2-7H2,1H3/t8-,9-. The molecule has 0 heterocycles. The van der Waals surface area contributed by atoms with Gasteiger partial charge in [0.2, 0.25) is 0 Å². The lowest BCUT2D eigenvalue weighted by Crippen LogP contribution is -2.13. The highest BCUT2D eigenvalue weighted by Crippen LogP contribution is 2.30. The summed E-state index contributed by atoms with van der Waals surface area (Å²) in [5.74, 6) is 1.05. The van der Waals surface area contributed by atoms with Gasteiger partial charge in [0.15, 0.2) is 0 Å². The number of halogens is 1. The molecule has 0 aromatic carbocycles. The number of alkyl halides is 1. The highest BCUT2D eigenvalue weighted by Gasteiger charge is 2.17. The molecule has 1 rings (SSSR count). The summed E-state index contributed by atoms with van der Waals surface area (Å²) in [6.07, 6.45) is 8.57. The monoisotopic (exact) mass is 204 g/mol. The molecule has 60 valence electrons. The molecule has 0 radical (unpaired) electrons. The summed E-state index contributed by atoms with van der Waals surface area (Å²) in [5.41, 5.74) is 0. The summed E-state index contributed by atoms with van der Waals surface area (Å²) >= 11 is 3.67. The summed E-state index contributed by atoms with van der Waals surface area (Å²) < 4.78 is 0. The van der Waals surface area contributed by atoms with Crippen LogP contribution >= 0.6 is 15.9 Å². The Balaban J connectivity index is 2.13. The first-order chi connectivity index (χ1) is 4.83. The van der Waals surface area contributed by atoms with Gasteiger partial charge in [0.1, 0.15) is 0 Å². The highest BCUT2D eigenvalue weighted by atomic mass is 79.9. The first kappa shape index (κ1) is 8.58. The third-order valence-corrected chi connectivity index (χ3v) is 3.39. The molecular weight excluding hydrogens is 188 g/mol. The van der Waals surface area contributed by atoms with Crippen molar-refractivity contribution >= 4 is 15.9 Å². The van der Waals surface area contributed by atoms with E-state index in [1.54, 1.807) is 0 Å². The smallest absolute Gasteiger partial charge is 0.0146 e. The molecule has 0 bridgehead atoms. The first-order valence-electron chi connectivity index (χ1n) is 4.47. The van der Waals surface area contributed by atoms with Crippen LogP contribution in [0.1, 0.15) is 45.4 Å². The van der Waals surface area contributed by atoms with Crippen molar-refractivity contribution in [2.24, 2.45) is 5.92 Å². The van der Waals surface area contributed by atoms with Crippen LogP contribution in [0, 0.1) is 5.92 Å². The lowest BCUT2D eigenvalue weighted by Gasteiger charge is -2.24. The molecule has 10 heavy (non-hydrogen) atoms. The van der Waals surface area contributed by atoms with Crippen LogP contribution in [-0.4, -0.2) is 4.83 Å². The minimum atomic E-state index is 0.834. The Labute approximate surface area is 72.5 Å². The molecule has 0 aromatic heterocycles. The second-order valence-corrected chi connectivity index (χ2v) is 4.70. The van der Waals surface area contributed by atoms with Crippen LogP contribution in [0.15, 0.2) is 0 Å². The molecule has 1 aliphatic rings. The fourth-order valence-corrected chi connectivity index (χ4v) is 2.35. The molecule has 1 aliphatic carbocycles. The minimum absolute atomic E-state index is 0.834. The average molecular weight is 205 g/mol. The average Bonchev–Trinajstić information content (AvgIpc) is 1.95. The molecule has 0 atom stereocenters. The SMILES string of the molecule is CCC[C@H]1CC[C@H](Br)CC1. The predicted octanol–water partition coefficient (Wildman–Crippen LogP) is 3.74. The van der Waals surface area contributed by atoms with Crippen LogP contribution in [0.5, 0.6) is 0 Å². The maximum absolute atomic E-state index is 3.67. The van der Waals surface area contributed by atoms with Crippen LogP contribution < -0.4 is 0 Å². The molecule has 0 aromatic rings. The van der Waals surface area contributed by atoms with Gasteiger partial charge < -0.3 is 0 Å². The number of rotatable bonds is 2. The summed E-state index contributed by atoms with van der Waals surface area (Å²) in [6.45, 7) is 2.29. The summed E-state index contributed by atoms with van der Waals surface area (Å²) in [5, 5.41) is 0. The topological polar surface area (TPSA) is 0 Å². The van der Waals surface area contributed by atoms with Gasteiger partial charge in [0, 0.05) is 4.83 Å². The van der Waals surface area contributed by atoms with Crippen LogP contribution in [0.4, 0.5) is 0 Å². The van der Waals surface area contributed by atoms with Crippen LogP contribution in [0.25, 0.3) is 0 Å². The van der Waals surface area contributed by atoms with Crippen molar-refractivity contribution in [2.45, 2.75) is 50.3 Å². The van der Waals surface area contributed by atoms with E-state index in [2.05, 4.69) is 22.9 Å². The molecule has 0 saturated heterocycles. The Hall–Kier alpha value is 0.480. The van der Waals surface area contributed by atoms with E-state index in [0.29, 0.717) is 0 Å². The maximum atomic E-state index is 3.67. The molecule has 0 N–H and O–H groups in total. The quantitative estimate of drug-likeness (QED) is 0.602. The molecule has 0 amide bonds. The van der Waals surface area contributed by atoms with E-state index in [4.69, 9.17) is 0 Å². The van der Waals surface area contributed by atoms with Crippen molar-refractivity contribution in [3.63, 3.8) is 0 Å². The van der Waals surface area contributed by atoms with Gasteiger partial charge in [0.25, 0.3) is 0 Å². The van der Waals surface area contributed by atoms with Crippen molar-refractivity contribution in [2.75, 3.05) is 0 Å². The Morgan fingerprint density at radius 3 is 2.30 bits per heavy atom. The lowest BCUT2D eigenvalue weighted by molar-refractivity contribution is 0.345. The third-order valence-electron chi connectivity index (χ3n) is 2.47. The van der Waals surface area contributed by atoms with Gasteiger partial charge in [-0.15, -0.1) is 0 Å². The van der Waals surface area contributed by atoms with Gasteiger partial charge >= 0.3 is 0 Å². The predicted molar refractivity (Wildman–Crippen MR) is 49.6 cm³/mol. The van der Waals surface area contributed by atoms with Crippen molar-refractivity contribution < 1.29 is 0 Å². The molecule has 0 nitrogen and oxygen atoms in total. The Bertz CT molecular complexity index is 82.7. The Morgan fingerprint density at radius 2 is 1.80 bits per heavy atom. The molecule has 0 aliphatic heterocycles. The molecule has 0 unspecified atom stereocenters. The van der Waals surface area contributed by atoms with E-state index in [1.165, 1.54) is 38.5 Å². The summed E-state index contributed by atoms with van der Waals surface area (Å²) in [7, 11) is 0. The zero-order valence-corrected chi connectivity index (χ0v) is 8.36. The van der Waals surface area contributed by atoms with Crippen LogP contribution in [0.2, 0.25) is 0 Å². The van der Waals surface area contributed by atoms with Gasteiger partial charge in [-0.2, -0.15) is 0 Å². The van der Waals surface area contributed by atoms with E-state index in [-0.39, 0.29) is 0 Å². The second-order valence-electron chi connectivity index (χ2n) is 3.41. The fourth-order valence-electron chi connectivity index (χ4n) is 1.82. The summed E-state index contributed by atoms with van der Waals surface area (Å²) in [6, 6.07) is 0. The highest BCUT2D eigenvalue weighted by molar-refractivity contribution is 9.09. The van der Waals surface area contributed by atoms with E-state index in [9.17, 15) is 0 Å². The van der Waals surface area contributed by atoms with Crippen molar-refractivity contribution in [3.05, 3.63) is 0 Å². The molecule has 1 saturated carbocycles. The van der Waals surface area contributed by atoms with Crippen molar-refractivity contribution in [3.8, 4) is 0 Å². The lowest BCUT2D eigenvalue weighted by atomic mass is 9.86. The van der Waals surface area contributed by atoms with Gasteiger partial charge in [-0.05, 0) is 31.6 Å². The van der Waals surface area contributed by atoms with E-state index in [0.717, 1.165) is 10.7 Å².